The van der Waals surface area contributed by atoms with E-state index in [1.807, 2.05) is 6.92 Å². The third-order valence-corrected chi connectivity index (χ3v) is 3.81. The third kappa shape index (κ3) is 4.17. The summed E-state index contributed by atoms with van der Waals surface area (Å²) < 4.78 is 9.25. The summed E-state index contributed by atoms with van der Waals surface area (Å²) in [6, 6.07) is 3.32. The normalized spacial score (nSPS) is 11.7. The summed E-state index contributed by atoms with van der Waals surface area (Å²) in [6.07, 6.45) is 0.240. The lowest BCUT2D eigenvalue weighted by Crippen LogP contribution is -2.16. The summed E-state index contributed by atoms with van der Waals surface area (Å²) >= 11 is 1.20. The van der Waals surface area contributed by atoms with Crippen molar-refractivity contribution in [3.63, 3.8) is 0 Å². The van der Waals surface area contributed by atoms with Gasteiger partial charge in [0.05, 0.1) is 25.0 Å². The van der Waals surface area contributed by atoms with E-state index in [1.54, 1.807) is 19.1 Å². The van der Waals surface area contributed by atoms with Gasteiger partial charge < -0.3 is 9.47 Å². The predicted molar refractivity (Wildman–Crippen MR) is 70.3 cm³/mol. The van der Waals surface area contributed by atoms with E-state index in [9.17, 15) is 14.4 Å². The van der Waals surface area contributed by atoms with Crippen LogP contribution in [0.2, 0.25) is 0 Å². The van der Waals surface area contributed by atoms with Crippen molar-refractivity contribution in [2.75, 3.05) is 13.7 Å². The Morgan fingerprint density at radius 2 is 2.00 bits per heavy atom. The van der Waals surface area contributed by atoms with Crippen molar-refractivity contribution < 1.29 is 23.9 Å². The Morgan fingerprint density at radius 1 is 1.32 bits per heavy atom. The summed E-state index contributed by atoms with van der Waals surface area (Å²) in [5.74, 6) is -1.86. The molecule has 0 saturated carbocycles. The fraction of sp³-hybridized carbons (Fsp3) is 0.462. The SMILES string of the molecule is CCOC(=O)C(=O)c1ccc(C(C)CC(=O)OC)s1. The van der Waals surface area contributed by atoms with E-state index in [0.717, 1.165) is 4.88 Å². The van der Waals surface area contributed by atoms with E-state index in [0.29, 0.717) is 4.88 Å². The molecule has 1 unspecified atom stereocenters. The molecule has 1 aromatic heterocycles. The van der Waals surface area contributed by atoms with Crippen LogP contribution in [0.4, 0.5) is 0 Å². The first-order chi connectivity index (χ1) is 8.99. The maximum absolute atomic E-state index is 11.7. The lowest BCUT2D eigenvalue weighted by atomic mass is 10.1. The fourth-order valence-electron chi connectivity index (χ4n) is 1.47. The van der Waals surface area contributed by atoms with Crippen LogP contribution in [0.5, 0.6) is 0 Å². The van der Waals surface area contributed by atoms with Crippen LogP contribution >= 0.6 is 11.3 Å². The van der Waals surface area contributed by atoms with E-state index < -0.39 is 11.8 Å². The number of hydrogen-bond donors (Lipinski definition) is 0. The Labute approximate surface area is 115 Å². The van der Waals surface area contributed by atoms with Crippen molar-refractivity contribution in [1.82, 2.24) is 0 Å². The van der Waals surface area contributed by atoms with Gasteiger partial charge in [-0.05, 0) is 19.1 Å². The highest BCUT2D eigenvalue weighted by Crippen LogP contribution is 2.27. The van der Waals surface area contributed by atoms with Gasteiger partial charge in [-0.2, -0.15) is 0 Å². The van der Waals surface area contributed by atoms with Crippen molar-refractivity contribution in [3.05, 3.63) is 21.9 Å². The molecule has 0 amide bonds. The lowest BCUT2D eigenvalue weighted by molar-refractivity contribution is -0.141. The molecule has 0 saturated heterocycles. The largest absolute Gasteiger partial charge is 0.469 e. The smallest absolute Gasteiger partial charge is 0.380 e. The van der Waals surface area contributed by atoms with Gasteiger partial charge in [-0.25, -0.2) is 4.79 Å². The molecule has 6 heteroatoms. The monoisotopic (exact) mass is 284 g/mol. The molecule has 5 nitrogen and oxygen atoms in total. The van der Waals surface area contributed by atoms with Gasteiger partial charge in [0.1, 0.15) is 0 Å². The highest BCUT2D eigenvalue weighted by Gasteiger charge is 2.21. The van der Waals surface area contributed by atoms with Crippen molar-refractivity contribution in [2.45, 2.75) is 26.2 Å². The van der Waals surface area contributed by atoms with Gasteiger partial charge >= 0.3 is 11.9 Å². The lowest BCUT2D eigenvalue weighted by Gasteiger charge is -2.06. The first kappa shape index (κ1) is 15.4. The Balaban J connectivity index is 2.74. The number of hydrogen-bond acceptors (Lipinski definition) is 6. The van der Waals surface area contributed by atoms with Gasteiger partial charge in [0.15, 0.2) is 0 Å². The number of Topliss-reactive ketones (excluding diaryl/α,β-unsaturated/α-hetero) is 1. The van der Waals surface area contributed by atoms with Crippen molar-refractivity contribution in [3.8, 4) is 0 Å². The van der Waals surface area contributed by atoms with Gasteiger partial charge in [0.25, 0.3) is 5.78 Å². The quantitative estimate of drug-likeness (QED) is 0.455. The topological polar surface area (TPSA) is 69.7 Å². The molecular weight excluding hydrogens is 268 g/mol. The number of ketones is 1. The molecule has 0 spiro atoms. The number of methoxy groups -OCH3 is 1. The standard InChI is InChI=1S/C13H16O5S/c1-4-18-13(16)12(15)10-6-5-9(19-10)8(2)7-11(14)17-3/h5-6,8H,4,7H2,1-3H3. The molecular formula is C13H16O5S. The molecule has 0 radical (unpaired) electrons. The Kier molecular flexibility index (Phi) is 5.69. The minimum Gasteiger partial charge on any atom is -0.469 e. The summed E-state index contributed by atoms with van der Waals surface area (Å²) in [5, 5.41) is 0. The zero-order chi connectivity index (χ0) is 14.4. The van der Waals surface area contributed by atoms with Gasteiger partial charge in [0, 0.05) is 10.8 Å². The molecule has 0 aromatic carbocycles. The van der Waals surface area contributed by atoms with Gasteiger partial charge in [-0.15, -0.1) is 11.3 Å². The summed E-state index contributed by atoms with van der Waals surface area (Å²) in [5.41, 5.74) is 0. The molecule has 0 fully saturated rings. The zero-order valence-electron chi connectivity index (χ0n) is 11.1. The molecule has 104 valence electrons. The summed E-state index contributed by atoms with van der Waals surface area (Å²) in [7, 11) is 1.33. The number of rotatable bonds is 6. The second-order valence-corrected chi connectivity index (χ2v) is 5.05. The third-order valence-electron chi connectivity index (χ3n) is 2.50. The van der Waals surface area contributed by atoms with Gasteiger partial charge in [0.2, 0.25) is 0 Å². The van der Waals surface area contributed by atoms with Crippen LogP contribution in [0.25, 0.3) is 0 Å². The Hall–Kier alpha value is -1.69. The zero-order valence-corrected chi connectivity index (χ0v) is 11.9. The average Bonchev–Trinajstić information content (AvgIpc) is 2.87. The van der Waals surface area contributed by atoms with E-state index in [-0.39, 0.29) is 24.9 Å². The van der Waals surface area contributed by atoms with E-state index >= 15 is 0 Å². The van der Waals surface area contributed by atoms with Crippen LogP contribution in [-0.4, -0.2) is 31.4 Å². The van der Waals surface area contributed by atoms with Crippen LogP contribution < -0.4 is 0 Å². The highest BCUT2D eigenvalue weighted by molar-refractivity contribution is 7.14. The highest BCUT2D eigenvalue weighted by atomic mass is 32.1. The number of carbonyl (C=O) groups excluding carboxylic acids is 3. The summed E-state index contributed by atoms with van der Waals surface area (Å²) in [4.78, 5) is 35.4. The number of thiophene rings is 1. The van der Waals surface area contributed by atoms with Crippen LogP contribution in [0.3, 0.4) is 0 Å². The Bertz CT molecular complexity index is 477. The molecule has 0 N–H and O–H groups in total. The molecule has 1 rings (SSSR count). The van der Waals surface area contributed by atoms with Crippen LogP contribution in [0.15, 0.2) is 12.1 Å². The van der Waals surface area contributed by atoms with Gasteiger partial charge in [-0.1, -0.05) is 6.92 Å². The number of carbonyl (C=O) groups is 3. The predicted octanol–water partition coefficient (Wildman–Crippen LogP) is 2.16. The van der Waals surface area contributed by atoms with E-state index in [4.69, 9.17) is 0 Å². The Morgan fingerprint density at radius 3 is 2.58 bits per heavy atom. The fourth-order valence-corrected chi connectivity index (χ4v) is 2.46. The minimum atomic E-state index is -0.850. The maximum Gasteiger partial charge on any atom is 0.380 e. The van der Waals surface area contributed by atoms with Gasteiger partial charge in [-0.3, -0.25) is 9.59 Å². The van der Waals surface area contributed by atoms with E-state index in [1.165, 1.54) is 18.4 Å². The first-order valence-electron chi connectivity index (χ1n) is 5.87. The average molecular weight is 284 g/mol. The first-order valence-corrected chi connectivity index (χ1v) is 6.69. The number of ether oxygens (including phenoxy) is 2. The van der Waals surface area contributed by atoms with Crippen LogP contribution in [-0.2, 0) is 19.1 Å². The van der Waals surface area contributed by atoms with Crippen LogP contribution in [0, 0.1) is 0 Å². The van der Waals surface area contributed by atoms with Crippen molar-refractivity contribution in [1.29, 1.82) is 0 Å². The second kappa shape index (κ2) is 7.04. The molecule has 19 heavy (non-hydrogen) atoms. The second-order valence-electron chi connectivity index (χ2n) is 3.93. The maximum atomic E-state index is 11.7. The summed E-state index contributed by atoms with van der Waals surface area (Å²) in [6.45, 7) is 3.67. The van der Waals surface area contributed by atoms with Crippen molar-refractivity contribution >= 4 is 29.1 Å². The molecule has 0 aliphatic rings. The molecule has 0 aliphatic carbocycles. The molecule has 1 atom stereocenters. The van der Waals surface area contributed by atoms with Crippen molar-refractivity contribution in [2.24, 2.45) is 0 Å². The van der Waals surface area contributed by atoms with E-state index in [2.05, 4.69) is 9.47 Å². The molecule has 0 bridgehead atoms. The molecule has 1 aromatic rings. The van der Waals surface area contributed by atoms with Crippen LogP contribution in [0.1, 0.15) is 40.7 Å². The number of esters is 2. The minimum absolute atomic E-state index is 0.0544. The molecule has 1 heterocycles. The molecule has 0 aliphatic heterocycles.